The van der Waals surface area contributed by atoms with Gasteiger partial charge in [0.25, 0.3) is 0 Å². The molecule has 1 aliphatic rings. The molecule has 5 heteroatoms. The van der Waals surface area contributed by atoms with E-state index in [1.54, 1.807) is 25.8 Å². The number of carbonyl (C=O) groups excluding carboxylic acids is 1. The molecule has 1 fully saturated rings. The third-order valence-electron chi connectivity index (χ3n) is 3.82. The maximum atomic E-state index is 12.1. The van der Waals surface area contributed by atoms with Crippen LogP contribution in [-0.4, -0.2) is 59.5 Å². The van der Waals surface area contributed by atoms with Gasteiger partial charge < -0.3 is 14.9 Å². The van der Waals surface area contributed by atoms with E-state index in [0.29, 0.717) is 12.3 Å². The van der Waals surface area contributed by atoms with E-state index >= 15 is 0 Å². The Morgan fingerprint density at radius 2 is 2.06 bits per heavy atom. The van der Waals surface area contributed by atoms with Crippen LogP contribution >= 0.6 is 0 Å². The van der Waals surface area contributed by atoms with E-state index in [-0.39, 0.29) is 12.3 Å². The lowest BCUT2D eigenvalue weighted by Crippen LogP contribution is -2.46. The molecule has 1 atom stereocenters. The normalized spacial score (nSPS) is 21.0. The van der Waals surface area contributed by atoms with Gasteiger partial charge in [-0.3, -0.25) is 9.59 Å². The van der Waals surface area contributed by atoms with Gasteiger partial charge in [0.15, 0.2) is 0 Å². The maximum Gasteiger partial charge on any atom is 0.305 e. The first-order chi connectivity index (χ1) is 8.22. The van der Waals surface area contributed by atoms with Gasteiger partial charge in [0.2, 0.25) is 5.91 Å². The summed E-state index contributed by atoms with van der Waals surface area (Å²) in [6.07, 6.45) is 1.54. The molecule has 1 rings (SSSR count). The lowest BCUT2D eigenvalue weighted by molar-refractivity contribution is -0.143. The van der Waals surface area contributed by atoms with E-state index in [0.717, 1.165) is 19.5 Å². The van der Waals surface area contributed by atoms with Crippen molar-refractivity contribution in [2.24, 2.45) is 5.92 Å². The number of carbonyl (C=O) groups is 2. The quantitative estimate of drug-likeness (QED) is 0.798. The minimum absolute atomic E-state index is 0.0280. The molecule has 5 nitrogen and oxygen atoms in total. The fourth-order valence-corrected chi connectivity index (χ4v) is 2.40. The van der Waals surface area contributed by atoms with Crippen molar-refractivity contribution in [1.29, 1.82) is 0 Å². The Balaban J connectivity index is 2.52. The highest BCUT2D eigenvalue weighted by Gasteiger charge is 2.32. The van der Waals surface area contributed by atoms with Crippen LogP contribution < -0.4 is 0 Å². The van der Waals surface area contributed by atoms with E-state index in [1.807, 2.05) is 0 Å². The number of carboxylic acids is 1. The highest BCUT2D eigenvalue weighted by atomic mass is 16.4. The fraction of sp³-hybridized carbons (Fsp3) is 0.846. The standard InChI is InChI=1S/C13H24N2O3/c1-13(2,8-12(17)18)15(4)11(16)7-10-5-6-14(3)9-10/h10H,5-9H2,1-4H3,(H,17,18). The number of hydrogen-bond acceptors (Lipinski definition) is 3. The molecular formula is C13H24N2O3. The van der Waals surface area contributed by atoms with E-state index in [1.165, 1.54) is 0 Å². The Morgan fingerprint density at radius 3 is 2.50 bits per heavy atom. The Kier molecular flexibility index (Phi) is 4.73. The Bertz CT molecular complexity index is 328. The van der Waals surface area contributed by atoms with Gasteiger partial charge in [-0.1, -0.05) is 0 Å². The molecular weight excluding hydrogens is 232 g/mol. The first-order valence-electron chi connectivity index (χ1n) is 6.39. The molecule has 0 aliphatic carbocycles. The van der Waals surface area contributed by atoms with Crippen LogP contribution in [0.5, 0.6) is 0 Å². The lowest BCUT2D eigenvalue weighted by Gasteiger charge is -2.35. The summed E-state index contributed by atoms with van der Waals surface area (Å²) in [7, 11) is 3.76. The van der Waals surface area contributed by atoms with Gasteiger partial charge in [0.1, 0.15) is 0 Å². The summed E-state index contributed by atoms with van der Waals surface area (Å²) in [5.41, 5.74) is -0.632. The third-order valence-corrected chi connectivity index (χ3v) is 3.82. The van der Waals surface area contributed by atoms with Crippen LogP contribution in [0, 0.1) is 5.92 Å². The number of nitrogens with zero attached hydrogens (tertiary/aromatic N) is 2. The summed E-state index contributed by atoms with van der Waals surface area (Å²) in [5.74, 6) is -0.424. The second-order valence-corrected chi connectivity index (χ2v) is 5.96. The highest BCUT2D eigenvalue weighted by Crippen LogP contribution is 2.23. The van der Waals surface area contributed by atoms with Crippen molar-refractivity contribution in [2.75, 3.05) is 27.2 Å². The largest absolute Gasteiger partial charge is 0.481 e. The van der Waals surface area contributed by atoms with Gasteiger partial charge in [-0.15, -0.1) is 0 Å². The van der Waals surface area contributed by atoms with E-state index in [2.05, 4.69) is 11.9 Å². The number of likely N-dealkylation sites (tertiary alicyclic amines) is 1. The van der Waals surface area contributed by atoms with Gasteiger partial charge >= 0.3 is 5.97 Å². The number of carboxylic acid groups (broad SMARTS) is 1. The van der Waals surface area contributed by atoms with Crippen molar-refractivity contribution in [3.8, 4) is 0 Å². The zero-order valence-corrected chi connectivity index (χ0v) is 11.8. The smallest absolute Gasteiger partial charge is 0.305 e. The van der Waals surface area contributed by atoms with E-state index < -0.39 is 11.5 Å². The van der Waals surface area contributed by atoms with Crippen molar-refractivity contribution in [1.82, 2.24) is 9.80 Å². The van der Waals surface area contributed by atoms with Gasteiger partial charge in [-0.25, -0.2) is 0 Å². The molecule has 0 bridgehead atoms. The lowest BCUT2D eigenvalue weighted by atomic mass is 9.96. The second kappa shape index (κ2) is 5.69. The minimum atomic E-state index is -0.875. The predicted molar refractivity (Wildman–Crippen MR) is 69.3 cm³/mol. The van der Waals surface area contributed by atoms with Gasteiger partial charge in [0.05, 0.1) is 6.42 Å². The van der Waals surface area contributed by atoms with Crippen LogP contribution in [0.4, 0.5) is 0 Å². The van der Waals surface area contributed by atoms with E-state index in [4.69, 9.17) is 5.11 Å². The van der Waals surface area contributed by atoms with Gasteiger partial charge in [-0.05, 0) is 39.8 Å². The summed E-state index contributed by atoms with van der Waals surface area (Å²) in [4.78, 5) is 26.7. The highest BCUT2D eigenvalue weighted by molar-refractivity contribution is 5.78. The molecule has 18 heavy (non-hydrogen) atoms. The fourth-order valence-electron chi connectivity index (χ4n) is 2.40. The number of amides is 1. The average Bonchev–Trinajstić information content (AvgIpc) is 2.60. The summed E-state index contributed by atoms with van der Waals surface area (Å²) >= 11 is 0. The molecule has 0 radical (unpaired) electrons. The Morgan fingerprint density at radius 1 is 1.44 bits per heavy atom. The Hall–Kier alpha value is -1.10. The molecule has 1 aliphatic heterocycles. The molecule has 104 valence electrons. The second-order valence-electron chi connectivity index (χ2n) is 5.96. The summed E-state index contributed by atoms with van der Waals surface area (Å²) in [6.45, 7) is 5.58. The molecule has 0 aromatic rings. The van der Waals surface area contributed by atoms with Gasteiger partial charge in [-0.2, -0.15) is 0 Å². The SMILES string of the molecule is CN1CCC(CC(=O)N(C)C(C)(C)CC(=O)O)C1. The van der Waals surface area contributed by atoms with Crippen molar-refractivity contribution in [3.63, 3.8) is 0 Å². The van der Waals surface area contributed by atoms with Crippen LogP contribution in [-0.2, 0) is 9.59 Å². The molecule has 0 aromatic heterocycles. The van der Waals surface area contributed by atoms with Crippen molar-refractivity contribution in [2.45, 2.75) is 38.6 Å². The van der Waals surface area contributed by atoms with Crippen molar-refractivity contribution in [3.05, 3.63) is 0 Å². The van der Waals surface area contributed by atoms with Crippen LogP contribution in [0.25, 0.3) is 0 Å². The molecule has 0 saturated carbocycles. The van der Waals surface area contributed by atoms with Crippen LogP contribution in [0.3, 0.4) is 0 Å². The molecule has 1 N–H and O–H groups in total. The molecule has 1 heterocycles. The number of rotatable bonds is 5. The summed E-state index contributed by atoms with van der Waals surface area (Å²) < 4.78 is 0. The van der Waals surface area contributed by atoms with Crippen molar-refractivity contribution < 1.29 is 14.7 Å². The number of hydrogen-bond donors (Lipinski definition) is 1. The van der Waals surface area contributed by atoms with Crippen LogP contribution in [0.15, 0.2) is 0 Å². The Labute approximate surface area is 109 Å². The van der Waals surface area contributed by atoms with E-state index in [9.17, 15) is 9.59 Å². The predicted octanol–water partition coefficient (Wildman–Crippen LogP) is 1.04. The monoisotopic (exact) mass is 256 g/mol. The maximum absolute atomic E-state index is 12.1. The zero-order valence-electron chi connectivity index (χ0n) is 11.8. The van der Waals surface area contributed by atoms with Gasteiger partial charge in [0, 0.05) is 25.6 Å². The molecule has 1 amide bonds. The molecule has 0 spiro atoms. The molecule has 0 aromatic carbocycles. The molecule has 1 unspecified atom stereocenters. The topological polar surface area (TPSA) is 60.9 Å². The third kappa shape index (κ3) is 3.98. The van der Waals surface area contributed by atoms with Crippen molar-refractivity contribution >= 4 is 11.9 Å². The summed E-state index contributed by atoms with van der Waals surface area (Å²) in [5, 5.41) is 8.85. The summed E-state index contributed by atoms with van der Waals surface area (Å²) in [6, 6.07) is 0. The molecule has 1 saturated heterocycles. The minimum Gasteiger partial charge on any atom is -0.481 e. The zero-order chi connectivity index (χ0) is 13.9. The first-order valence-corrected chi connectivity index (χ1v) is 6.39. The van der Waals surface area contributed by atoms with Crippen LogP contribution in [0.1, 0.15) is 33.1 Å². The first kappa shape index (κ1) is 15.0. The average molecular weight is 256 g/mol. The number of aliphatic carboxylic acids is 1. The van der Waals surface area contributed by atoms with Crippen LogP contribution in [0.2, 0.25) is 0 Å².